The van der Waals surface area contributed by atoms with E-state index in [2.05, 4.69) is 20.7 Å². The summed E-state index contributed by atoms with van der Waals surface area (Å²) in [5.74, 6) is -0.789. The van der Waals surface area contributed by atoms with Crippen LogP contribution in [0.15, 0.2) is 36.7 Å². The standard InChI is InChI=1S/C17H17N5O4/c1-10-8-19-13(9-18-10)14(23)21-22-15(24)17(2,20-16(22)25)11-5-4-6-12(7-11)26-3/h4-9H,1-3H3,(H,20,25)(H,21,23)/t17-/m1/s1. The number of hydrogen-bond acceptors (Lipinski definition) is 6. The van der Waals surface area contributed by atoms with E-state index in [-0.39, 0.29) is 5.69 Å². The van der Waals surface area contributed by atoms with Gasteiger partial charge in [0.15, 0.2) is 0 Å². The predicted octanol–water partition coefficient (Wildman–Crippen LogP) is 0.906. The van der Waals surface area contributed by atoms with E-state index in [0.29, 0.717) is 22.0 Å². The summed E-state index contributed by atoms with van der Waals surface area (Å²) in [7, 11) is 1.51. The minimum absolute atomic E-state index is 0.00816. The molecule has 0 unspecified atom stereocenters. The van der Waals surface area contributed by atoms with E-state index in [1.54, 1.807) is 38.1 Å². The highest BCUT2D eigenvalue weighted by Gasteiger charge is 2.50. The fraction of sp³-hybridized carbons (Fsp3) is 0.235. The van der Waals surface area contributed by atoms with E-state index in [4.69, 9.17) is 4.74 Å². The Morgan fingerprint density at radius 3 is 2.69 bits per heavy atom. The molecule has 2 N–H and O–H groups in total. The third-order valence-corrected chi connectivity index (χ3v) is 4.06. The number of urea groups is 1. The lowest BCUT2D eigenvalue weighted by molar-refractivity contribution is -0.132. The van der Waals surface area contributed by atoms with E-state index >= 15 is 0 Å². The molecule has 2 aromatic rings. The van der Waals surface area contributed by atoms with Crippen molar-refractivity contribution < 1.29 is 19.1 Å². The molecule has 1 saturated heterocycles. The number of methoxy groups -OCH3 is 1. The minimum atomic E-state index is -1.34. The van der Waals surface area contributed by atoms with Crippen LogP contribution in [-0.2, 0) is 10.3 Å². The number of nitrogens with one attached hydrogen (secondary N) is 2. The van der Waals surface area contributed by atoms with Crippen LogP contribution in [0.25, 0.3) is 0 Å². The number of ether oxygens (including phenoxy) is 1. The maximum Gasteiger partial charge on any atom is 0.344 e. The molecule has 1 fully saturated rings. The van der Waals surface area contributed by atoms with E-state index in [1.807, 2.05) is 0 Å². The number of carbonyl (C=O) groups excluding carboxylic acids is 3. The van der Waals surface area contributed by atoms with E-state index in [0.717, 1.165) is 0 Å². The van der Waals surface area contributed by atoms with Crippen LogP contribution in [0.2, 0.25) is 0 Å². The molecule has 2 heterocycles. The zero-order chi connectivity index (χ0) is 18.9. The summed E-state index contributed by atoms with van der Waals surface area (Å²) in [5, 5.41) is 3.24. The van der Waals surface area contributed by atoms with Crippen LogP contribution < -0.4 is 15.5 Å². The van der Waals surface area contributed by atoms with Crippen LogP contribution >= 0.6 is 0 Å². The molecular weight excluding hydrogens is 338 g/mol. The first-order valence-electron chi connectivity index (χ1n) is 7.76. The topological polar surface area (TPSA) is 114 Å². The van der Waals surface area contributed by atoms with Crippen LogP contribution in [0, 0.1) is 6.92 Å². The van der Waals surface area contributed by atoms with Gasteiger partial charge in [0.1, 0.15) is 17.0 Å². The summed E-state index contributed by atoms with van der Waals surface area (Å²) in [5.41, 5.74) is 2.09. The van der Waals surface area contributed by atoms with Crippen LogP contribution in [0.3, 0.4) is 0 Å². The third-order valence-electron chi connectivity index (χ3n) is 4.06. The smallest absolute Gasteiger partial charge is 0.344 e. The average Bonchev–Trinajstić information content (AvgIpc) is 2.86. The molecule has 0 spiro atoms. The highest BCUT2D eigenvalue weighted by molar-refractivity contribution is 6.09. The van der Waals surface area contributed by atoms with Crippen molar-refractivity contribution in [1.82, 2.24) is 25.7 Å². The zero-order valence-electron chi connectivity index (χ0n) is 14.4. The maximum absolute atomic E-state index is 12.8. The van der Waals surface area contributed by atoms with Gasteiger partial charge in [0.25, 0.3) is 11.8 Å². The first kappa shape index (κ1) is 17.3. The van der Waals surface area contributed by atoms with Gasteiger partial charge in [0, 0.05) is 6.20 Å². The van der Waals surface area contributed by atoms with Gasteiger partial charge in [-0.1, -0.05) is 12.1 Å². The number of benzene rings is 1. The Hall–Kier alpha value is -3.49. The molecule has 9 heteroatoms. The number of imide groups is 1. The van der Waals surface area contributed by atoms with Crippen molar-refractivity contribution in [3.05, 3.63) is 53.6 Å². The summed E-state index contributed by atoms with van der Waals surface area (Å²) < 4.78 is 5.16. The third kappa shape index (κ3) is 2.94. The van der Waals surface area contributed by atoms with Crippen molar-refractivity contribution in [2.24, 2.45) is 0 Å². The zero-order valence-corrected chi connectivity index (χ0v) is 14.4. The molecule has 1 atom stereocenters. The van der Waals surface area contributed by atoms with Crippen LogP contribution in [0.4, 0.5) is 4.79 Å². The number of aryl methyl sites for hydroxylation is 1. The molecule has 1 aliphatic rings. The molecule has 26 heavy (non-hydrogen) atoms. The predicted molar refractivity (Wildman–Crippen MR) is 90.0 cm³/mol. The van der Waals surface area contributed by atoms with Crippen LogP contribution in [0.1, 0.15) is 28.7 Å². The Kier molecular flexibility index (Phi) is 4.29. The van der Waals surface area contributed by atoms with Crippen molar-refractivity contribution >= 4 is 17.8 Å². The molecule has 0 aliphatic carbocycles. The van der Waals surface area contributed by atoms with Gasteiger partial charge in [-0.2, -0.15) is 5.01 Å². The van der Waals surface area contributed by atoms with Gasteiger partial charge in [-0.15, -0.1) is 0 Å². The van der Waals surface area contributed by atoms with Gasteiger partial charge in [-0.05, 0) is 31.5 Å². The number of hydrogen-bond donors (Lipinski definition) is 2. The normalized spacial score (nSPS) is 19.3. The lowest BCUT2D eigenvalue weighted by Gasteiger charge is -2.22. The highest BCUT2D eigenvalue weighted by Crippen LogP contribution is 2.30. The van der Waals surface area contributed by atoms with Crippen LogP contribution in [-0.4, -0.2) is 39.9 Å². The Morgan fingerprint density at radius 2 is 2.04 bits per heavy atom. The molecule has 0 bridgehead atoms. The van der Waals surface area contributed by atoms with Gasteiger partial charge in [0.05, 0.1) is 19.0 Å². The first-order valence-corrected chi connectivity index (χ1v) is 7.76. The quantitative estimate of drug-likeness (QED) is 0.788. The van der Waals surface area contributed by atoms with E-state index < -0.39 is 23.4 Å². The second kappa shape index (κ2) is 6.43. The largest absolute Gasteiger partial charge is 0.497 e. The monoisotopic (exact) mass is 355 g/mol. The second-order valence-electron chi connectivity index (χ2n) is 5.91. The Morgan fingerprint density at radius 1 is 1.27 bits per heavy atom. The molecule has 9 nitrogen and oxygen atoms in total. The number of nitrogens with zero attached hydrogens (tertiary/aromatic N) is 3. The molecule has 1 aromatic heterocycles. The summed E-state index contributed by atoms with van der Waals surface area (Å²) in [6.07, 6.45) is 2.69. The highest BCUT2D eigenvalue weighted by atomic mass is 16.5. The number of aromatic nitrogens is 2. The van der Waals surface area contributed by atoms with Crippen LogP contribution in [0.5, 0.6) is 5.75 Å². The number of rotatable bonds is 4. The van der Waals surface area contributed by atoms with Gasteiger partial charge in [-0.3, -0.25) is 20.0 Å². The molecule has 1 aromatic carbocycles. The Bertz CT molecular complexity index is 883. The SMILES string of the molecule is COc1cccc([C@@]2(C)NC(=O)N(NC(=O)c3cnc(C)cn3)C2=O)c1. The van der Waals surface area contributed by atoms with E-state index in [1.165, 1.54) is 19.5 Å². The van der Waals surface area contributed by atoms with Crippen molar-refractivity contribution in [3.8, 4) is 5.75 Å². The van der Waals surface area contributed by atoms with E-state index in [9.17, 15) is 14.4 Å². The lowest BCUT2D eigenvalue weighted by atomic mass is 9.92. The molecule has 3 rings (SSSR count). The number of carbonyl (C=O) groups is 3. The molecular formula is C17H17N5O4. The number of amides is 4. The van der Waals surface area contributed by atoms with Crippen molar-refractivity contribution in [2.45, 2.75) is 19.4 Å². The minimum Gasteiger partial charge on any atom is -0.497 e. The van der Waals surface area contributed by atoms with Gasteiger partial charge in [-0.25, -0.2) is 9.78 Å². The molecule has 134 valence electrons. The fourth-order valence-corrected chi connectivity index (χ4v) is 2.54. The molecule has 1 aliphatic heterocycles. The first-order chi connectivity index (χ1) is 12.3. The summed E-state index contributed by atoms with van der Waals surface area (Å²) in [6.45, 7) is 3.28. The summed E-state index contributed by atoms with van der Waals surface area (Å²) in [4.78, 5) is 45.2. The molecule has 4 amide bonds. The maximum atomic E-state index is 12.8. The van der Waals surface area contributed by atoms with Crippen molar-refractivity contribution in [1.29, 1.82) is 0 Å². The summed E-state index contributed by atoms with van der Waals surface area (Å²) in [6, 6.07) is 6.03. The number of hydrazine groups is 1. The Labute approximate surface area is 149 Å². The van der Waals surface area contributed by atoms with Gasteiger partial charge >= 0.3 is 6.03 Å². The van der Waals surface area contributed by atoms with Gasteiger partial charge < -0.3 is 10.1 Å². The average molecular weight is 355 g/mol. The summed E-state index contributed by atoms with van der Waals surface area (Å²) >= 11 is 0. The molecule has 0 radical (unpaired) electrons. The lowest BCUT2D eigenvalue weighted by Crippen LogP contribution is -2.48. The molecule has 0 saturated carbocycles. The second-order valence-corrected chi connectivity index (χ2v) is 5.91. The van der Waals surface area contributed by atoms with Crippen molar-refractivity contribution in [3.63, 3.8) is 0 Å². The van der Waals surface area contributed by atoms with Gasteiger partial charge in [0.2, 0.25) is 0 Å². The fourth-order valence-electron chi connectivity index (χ4n) is 2.54. The Balaban J connectivity index is 1.84. The van der Waals surface area contributed by atoms with Crippen molar-refractivity contribution in [2.75, 3.05) is 7.11 Å².